The summed E-state index contributed by atoms with van der Waals surface area (Å²) in [5, 5.41) is 6.94. The number of aromatic nitrogens is 1. The Morgan fingerprint density at radius 2 is 1.61 bits per heavy atom. The first-order chi connectivity index (χ1) is 15.6. The lowest BCUT2D eigenvalue weighted by atomic mass is 9.99. The zero-order chi connectivity index (χ0) is 24.2. The van der Waals surface area contributed by atoms with E-state index in [1.165, 1.54) is 63.5 Å². The highest BCUT2D eigenvalue weighted by Crippen LogP contribution is 2.29. The SMILES string of the molecule is CNC(=O)c1cc(Oc2ccc(NC(=O)Nc3cc(C(C)(C)F)ccc3F)c(F)c2)ccn1. The standard InChI is InChI=1S/C23H21F3N4O3/c1-23(2,26)13-4-6-16(24)19(10-13)30-22(32)29-18-7-5-14(11-17(18)25)33-15-8-9-28-20(12-15)21(31)27-3/h4-12H,1-3H3,(H,27,31)(H2,29,30,32). The van der Waals surface area contributed by atoms with Gasteiger partial charge in [0.15, 0.2) is 0 Å². The number of hydrogen-bond acceptors (Lipinski definition) is 4. The number of benzene rings is 2. The number of alkyl halides is 1. The van der Waals surface area contributed by atoms with Crippen molar-refractivity contribution in [3.05, 3.63) is 77.6 Å². The molecule has 2 aromatic carbocycles. The third-order valence-electron chi connectivity index (χ3n) is 4.52. The van der Waals surface area contributed by atoms with Gasteiger partial charge in [-0.05, 0) is 49.7 Å². The summed E-state index contributed by atoms with van der Waals surface area (Å²) in [6.45, 7) is 2.60. The molecular weight excluding hydrogens is 437 g/mol. The van der Waals surface area contributed by atoms with Gasteiger partial charge in [0, 0.05) is 25.4 Å². The predicted molar refractivity (Wildman–Crippen MR) is 117 cm³/mol. The Kier molecular flexibility index (Phi) is 6.86. The number of carbonyl (C=O) groups excluding carboxylic acids is 2. The van der Waals surface area contributed by atoms with Crippen molar-refractivity contribution in [2.75, 3.05) is 17.7 Å². The molecule has 0 aliphatic heterocycles. The monoisotopic (exact) mass is 458 g/mol. The minimum absolute atomic E-state index is 0.108. The van der Waals surface area contributed by atoms with Crippen LogP contribution in [0.25, 0.3) is 0 Å². The van der Waals surface area contributed by atoms with E-state index < -0.39 is 29.2 Å². The van der Waals surface area contributed by atoms with E-state index in [9.17, 15) is 22.8 Å². The van der Waals surface area contributed by atoms with Crippen LogP contribution in [0.1, 0.15) is 29.9 Å². The van der Waals surface area contributed by atoms with E-state index in [4.69, 9.17) is 4.74 Å². The van der Waals surface area contributed by atoms with Crippen LogP contribution < -0.4 is 20.7 Å². The van der Waals surface area contributed by atoms with Gasteiger partial charge in [-0.15, -0.1) is 0 Å². The van der Waals surface area contributed by atoms with E-state index in [1.54, 1.807) is 0 Å². The lowest BCUT2D eigenvalue weighted by molar-refractivity contribution is 0.0957. The van der Waals surface area contributed by atoms with E-state index in [0.29, 0.717) is 0 Å². The average molecular weight is 458 g/mol. The number of halogens is 3. The van der Waals surface area contributed by atoms with E-state index in [2.05, 4.69) is 20.9 Å². The normalized spacial score (nSPS) is 11.0. The third-order valence-corrected chi connectivity index (χ3v) is 4.52. The molecule has 33 heavy (non-hydrogen) atoms. The second-order valence-corrected chi connectivity index (χ2v) is 7.45. The molecule has 0 atom stereocenters. The summed E-state index contributed by atoms with van der Waals surface area (Å²) >= 11 is 0. The predicted octanol–water partition coefficient (Wildman–Crippen LogP) is 5.36. The minimum Gasteiger partial charge on any atom is -0.457 e. The number of nitrogens with zero attached hydrogens (tertiary/aromatic N) is 1. The first kappa shape index (κ1) is 23.6. The molecule has 3 N–H and O–H groups in total. The molecule has 1 heterocycles. The number of carbonyl (C=O) groups is 2. The quantitative estimate of drug-likeness (QED) is 0.464. The number of hydrogen-bond donors (Lipinski definition) is 3. The second kappa shape index (κ2) is 9.60. The fourth-order valence-electron chi connectivity index (χ4n) is 2.79. The molecule has 7 nitrogen and oxygen atoms in total. The Balaban J connectivity index is 1.70. The molecule has 172 valence electrons. The second-order valence-electron chi connectivity index (χ2n) is 7.45. The van der Waals surface area contributed by atoms with Crippen LogP contribution in [0.2, 0.25) is 0 Å². The summed E-state index contributed by atoms with van der Waals surface area (Å²) in [5.41, 5.74) is -1.89. The van der Waals surface area contributed by atoms with Crippen LogP contribution in [-0.4, -0.2) is 24.0 Å². The van der Waals surface area contributed by atoms with E-state index >= 15 is 0 Å². The van der Waals surface area contributed by atoms with Gasteiger partial charge in [-0.2, -0.15) is 0 Å². The van der Waals surface area contributed by atoms with Gasteiger partial charge in [0.05, 0.1) is 11.4 Å². The maximum Gasteiger partial charge on any atom is 0.323 e. The molecule has 0 aliphatic carbocycles. The first-order valence-electron chi connectivity index (χ1n) is 9.79. The van der Waals surface area contributed by atoms with Crippen LogP contribution in [0, 0.1) is 11.6 Å². The highest BCUT2D eigenvalue weighted by Gasteiger charge is 2.21. The number of nitrogens with one attached hydrogen (secondary N) is 3. The Bertz CT molecular complexity index is 1200. The third kappa shape index (κ3) is 6.00. The van der Waals surface area contributed by atoms with E-state index in [-0.39, 0.29) is 34.1 Å². The Morgan fingerprint density at radius 1 is 0.909 bits per heavy atom. The molecule has 3 aromatic rings. The lowest BCUT2D eigenvalue weighted by Gasteiger charge is -2.17. The molecule has 0 saturated carbocycles. The number of rotatable bonds is 6. The number of urea groups is 1. The van der Waals surface area contributed by atoms with Gasteiger partial charge in [-0.3, -0.25) is 9.78 Å². The maximum atomic E-state index is 14.5. The van der Waals surface area contributed by atoms with Gasteiger partial charge < -0.3 is 20.7 Å². The number of pyridine rings is 1. The maximum absolute atomic E-state index is 14.5. The summed E-state index contributed by atoms with van der Waals surface area (Å²) in [7, 11) is 1.46. The summed E-state index contributed by atoms with van der Waals surface area (Å²) in [6, 6.07) is 9.12. The molecule has 0 unspecified atom stereocenters. The average Bonchev–Trinajstić information content (AvgIpc) is 2.76. The lowest BCUT2D eigenvalue weighted by Crippen LogP contribution is -2.21. The summed E-state index contributed by atoms with van der Waals surface area (Å²) in [4.78, 5) is 27.8. The number of amides is 3. The zero-order valence-corrected chi connectivity index (χ0v) is 18.0. The smallest absolute Gasteiger partial charge is 0.323 e. The molecule has 0 spiro atoms. The molecule has 0 aliphatic rings. The largest absolute Gasteiger partial charge is 0.457 e. The molecule has 10 heteroatoms. The molecule has 1 aromatic heterocycles. The van der Waals surface area contributed by atoms with Crippen molar-refractivity contribution in [3.8, 4) is 11.5 Å². The molecule has 0 fully saturated rings. The van der Waals surface area contributed by atoms with Crippen LogP contribution in [0.5, 0.6) is 11.5 Å². The van der Waals surface area contributed by atoms with E-state index in [1.807, 2.05) is 0 Å². The molecular formula is C23H21F3N4O3. The van der Waals surface area contributed by atoms with Gasteiger partial charge in [0.2, 0.25) is 0 Å². The Labute approximate surface area is 188 Å². The highest BCUT2D eigenvalue weighted by atomic mass is 19.1. The summed E-state index contributed by atoms with van der Waals surface area (Å²) < 4.78 is 48.1. The van der Waals surface area contributed by atoms with Crippen molar-refractivity contribution in [1.29, 1.82) is 0 Å². The molecule has 3 rings (SSSR count). The highest BCUT2D eigenvalue weighted by molar-refractivity contribution is 6.00. The van der Waals surface area contributed by atoms with E-state index in [0.717, 1.165) is 12.1 Å². The molecule has 0 bridgehead atoms. The fraction of sp³-hybridized carbons (Fsp3) is 0.174. The van der Waals surface area contributed by atoms with Crippen molar-refractivity contribution in [1.82, 2.24) is 10.3 Å². The number of ether oxygens (including phenoxy) is 1. The van der Waals surface area contributed by atoms with Crippen molar-refractivity contribution in [2.24, 2.45) is 0 Å². The van der Waals surface area contributed by atoms with Gasteiger partial charge >= 0.3 is 6.03 Å². The fourth-order valence-corrected chi connectivity index (χ4v) is 2.79. The van der Waals surface area contributed by atoms with Crippen LogP contribution in [0.15, 0.2) is 54.7 Å². The van der Waals surface area contributed by atoms with Crippen molar-refractivity contribution in [2.45, 2.75) is 19.5 Å². The van der Waals surface area contributed by atoms with Crippen LogP contribution in [0.4, 0.5) is 29.3 Å². The van der Waals surface area contributed by atoms with Gasteiger partial charge in [-0.1, -0.05) is 6.07 Å². The Morgan fingerprint density at radius 3 is 2.27 bits per heavy atom. The van der Waals surface area contributed by atoms with Crippen LogP contribution in [-0.2, 0) is 5.67 Å². The number of anilines is 2. The minimum atomic E-state index is -1.74. The molecule has 3 amide bonds. The van der Waals surface area contributed by atoms with Crippen LogP contribution >= 0.6 is 0 Å². The first-order valence-corrected chi connectivity index (χ1v) is 9.79. The molecule has 0 radical (unpaired) electrons. The zero-order valence-electron chi connectivity index (χ0n) is 18.0. The topological polar surface area (TPSA) is 92.4 Å². The van der Waals surface area contributed by atoms with Crippen LogP contribution in [0.3, 0.4) is 0 Å². The van der Waals surface area contributed by atoms with Crippen molar-refractivity contribution >= 4 is 23.3 Å². The summed E-state index contributed by atoms with van der Waals surface area (Å²) in [6.07, 6.45) is 1.37. The summed E-state index contributed by atoms with van der Waals surface area (Å²) in [5.74, 6) is -1.63. The van der Waals surface area contributed by atoms with Crippen molar-refractivity contribution < 1.29 is 27.5 Å². The van der Waals surface area contributed by atoms with Gasteiger partial charge in [0.25, 0.3) is 5.91 Å². The van der Waals surface area contributed by atoms with Crippen molar-refractivity contribution in [3.63, 3.8) is 0 Å². The molecule has 0 saturated heterocycles. The Hall–Kier alpha value is -4.08. The van der Waals surface area contributed by atoms with Gasteiger partial charge in [-0.25, -0.2) is 18.0 Å². The van der Waals surface area contributed by atoms with Gasteiger partial charge in [0.1, 0.15) is 34.5 Å².